The largest absolute Gasteiger partial charge is 0.488 e. The minimum Gasteiger partial charge on any atom is -0.488 e. The van der Waals surface area contributed by atoms with Crippen molar-refractivity contribution in [1.29, 1.82) is 0 Å². The number of anilines is 1. The van der Waals surface area contributed by atoms with E-state index in [1.165, 1.54) is 0 Å². The molecule has 2 N–H and O–H groups in total. The van der Waals surface area contributed by atoms with E-state index in [0.717, 1.165) is 22.7 Å². The molecule has 1 fully saturated rings. The number of nitrogens with two attached hydrogens (primary N) is 1. The van der Waals surface area contributed by atoms with Gasteiger partial charge >= 0.3 is 0 Å². The van der Waals surface area contributed by atoms with Crippen LogP contribution >= 0.6 is 0 Å². The minimum absolute atomic E-state index is 0.0200. The second kappa shape index (κ2) is 6.80. The third kappa shape index (κ3) is 3.28. The van der Waals surface area contributed by atoms with E-state index in [1.54, 1.807) is 4.90 Å². The number of rotatable bonds is 2. The van der Waals surface area contributed by atoms with Crippen LogP contribution in [0.4, 0.5) is 5.69 Å². The predicted octanol–water partition coefficient (Wildman–Crippen LogP) is 2.35. The van der Waals surface area contributed by atoms with Gasteiger partial charge in [0.05, 0.1) is 24.4 Å². The molecular formula is C20H21N3O3. The molecule has 0 saturated carbocycles. The van der Waals surface area contributed by atoms with E-state index in [1.807, 2.05) is 49.4 Å². The number of hydrogen-bond donors (Lipinski definition) is 1. The van der Waals surface area contributed by atoms with E-state index in [0.29, 0.717) is 31.0 Å². The highest BCUT2D eigenvalue weighted by Gasteiger charge is 2.29. The summed E-state index contributed by atoms with van der Waals surface area (Å²) < 4.78 is 11.6. The van der Waals surface area contributed by atoms with Gasteiger partial charge in [-0.25, -0.2) is 0 Å². The Morgan fingerprint density at radius 1 is 1.31 bits per heavy atom. The fourth-order valence-corrected chi connectivity index (χ4v) is 3.34. The van der Waals surface area contributed by atoms with Crippen LogP contribution in [0, 0.1) is 6.92 Å². The van der Waals surface area contributed by atoms with Crippen molar-refractivity contribution >= 4 is 17.7 Å². The van der Waals surface area contributed by atoms with Crippen molar-refractivity contribution in [3.05, 3.63) is 58.9 Å². The van der Waals surface area contributed by atoms with Gasteiger partial charge in [-0.1, -0.05) is 18.2 Å². The number of nitrogens with zero attached hydrogens (tertiary/aromatic N) is 2. The molecule has 0 unspecified atom stereocenters. The SMILES string of the molecule is Cc1cc(N)cc([C@@H]2CN(C(=O)C3=Cc4ccccc4OC3)CCO2)n1. The molecule has 26 heavy (non-hydrogen) atoms. The highest BCUT2D eigenvalue weighted by Crippen LogP contribution is 2.28. The fraction of sp³-hybridized carbons (Fsp3) is 0.300. The van der Waals surface area contributed by atoms with Crippen molar-refractivity contribution in [1.82, 2.24) is 9.88 Å². The molecule has 2 aromatic rings. The van der Waals surface area contributed by atoms with Crippen LogP contribution in [0.15, 0.2) is 42.0 Å². The van der Waals surface area contributed by atoms with E-state index in [2.05, 4.69) is 4.98 Å². The summed E-state index contributed by atoms with van der Waals surface area (Å²) in [5, 5.41) is 0. The van der Waals surface area contributed by atoms with Gasteiger partial charge in [0, 0.05) is 23.5 Å². The van der Waals surface area contributed by atoms with Gasteiger partial charge in [0.25, 0.3) is 5.91 Å². The number of nitrogen functional groups attached to an aromatic ring is 1. The highest BCUT2D eigenvalue weighted by atomic mass is 16.5. The lowest BCUT2D eigenvalue weighted by Crippen LogP contribution is -2.44. The quantitative estimate of drug-likeness (QED) is 0.899. The maximum Gasteiger partial charge on any atom is 0.253 e. The monoisotopic (exact) mass is 351 g/mol. The summed E-state index contributed by atoms with van der Waals surface area (Å²) in [5.74, 6) is 0.789. The van der Waals surface area contributed by atoms with Crippen LogP contribution < -0.4 is 10.5 Å². The first-order valence-corrected chi connectivity index (χ1v) is 8.67. The Bertz CT molecular complexity index is 858. The number of para-hydroxylation sites is 1. The molecule has 0 bridgehead atoms. The van der Waals surface area contributed by atoms with Crippen LogP contribution in [0.5, 0.6) is 5.75 Å². The molecule has 6 nitrogen and oxygen atoms in total. The average molecular weight is 351 g/mol. The van der Waals surface area contributed by atoms with E-state index in [9.17, 15) is 4.79 Å². The molecule has 6 heteroatoms. The molecule has 1 saturated heterocycles. The van der Waals surface area contributed by atoms with Gasteiger partial charge in [-0.05, 0) is 31.2 Å². The summed E-state index contributed by atoms with van der Waals surface area (Å²) in [6.07, 6.45) is 1.64. The molecule has 1 aromatic heterocycles. The molecule has 4 rings (SSSR count). The van der Waals surface area contributed by atoms with Gasteiger partial charge in [0.1, 0.15) is 18.5 Å². The standard InChI is InChI=1S/C20H21N3O3/c1-13-8-16(21)10-17(22-13)19-11-23(6-7-25-19)20(24)15-9-14-4-2-3-5-18(14)26-12-15/h2-5,8-10,19H,6-7,11-12H2,1H3,(H2,21,22)/t19-/m0/s1. The Labute approximate surface area is 152 Å². The van der Waals surface area contributed by atoms with Crippen LogP contribution in [0.2, 0.25) is 0 Å². The minimum atomic E-state index is -0.271. The van der Waals surface area contributed by atoms with Crippen molar-refractivity contribution in [2.75, 3.05) is 32.0 Å². The Morgan fingerprint density at radius 2 is 2.15 bits per heavy atom. The van der Waals surface area contributed by atoms with Gasteiger partial charge < -0.3 is 20.1 Å². The maximum absolute atomic E-state index is 13.0. The van der Waals surface area contributed by atoms with E-state index >= 15 is 0 Å². The first-order chi connectivity index (χ1) is 12.6. The van der Waals surface area contributed by atoms with Gasteiger partial charge in [-0.2, -0.15) is 0 Å². The molecule has 3 heterocycles. The van der Waals surface area contributed by atoms with Crippen molar-refractivity contribution < 1.29 is 14.3 Å². The number of pyridine rings is 1. The first-order valence-electron chi connectivity index (χ1n) is 8.67. The summed E-state index contributed by atoms with van der Waals surface area (Å²) in [4.78, 5) is 19.3. The summed E-state index contributed by atoms with van der Waals surface area (Å²) in [5.41, 5.74) is 9.76. The molecule has 2 aliphatic heterocycles. The zero-order valence-electron chi connectivity index (χ0n) is 14.6. The van der Waals surface area contributed by atoms with E-state index in [4.69, 9.17) is 15.2 Å². The second-order valence-corrected chi connectivity index (χ2v) is 6.57. The number of ether oxygens (including phenoxy) is 2. The van der Waals surface area contributed by atoms with Crippen molar-refractivity contribution in [3.63, 3.8) is 0 Å². The van der Waals surface area contributed by atoms with Crippen molar-refractivity contribution in [2.45, 2.75) is 13.0 Å². The van der Waals surface area contributed by atoms with Crippen molar-refractivity contribution in [3.8, 4) is 5.75 Å². The van der Waals surface area contributed by atoms with Crippen LogP contribution in [-0.2, 0) is 9.53 Å². The Morgan fingerprint density at radius 3 is 3.00 bits per heavy atom. The van der Waals surface area contributed by atoms with Gasteiger partial charge in [-0.15, -0.1) is 0 Å². The molecule has 0 spiro atoms. The molecular weight excluding hydrogens is 330 g/mol. The molecule has 0 aliphatic carbocycles. The third-order valence-electron chi connectivity index (χ3n) is 4.59. The molecule has 1 atom stereocenters. The second-order valence-electron chi connectivity index (χ2n) is 6.57. The predicted molar refractivity (Wildman–Crippen MR) is 98.6 cm³/mol. The number of aryl methyl sites for hydroxylation is 1. The average Bonchev–Trinajstić information content (AvgIpc) is 2.66. The summed E-state index contributed by atoms with van der Waals surface area (Å²) in [6.45, 7) is 3.65. The normalized spacial score (nSPS) is 19.3. The molecule has 1 aromatic carbocycles. The summed E-state index contributed by atoms with van der Waals surface area (Å²) >= 11 is 0. The Kier molecular flexibility index (Phi) is 4.34. The Balaban J connectivity index is 1.53. The number of carbonyl (C=O) groups excluding carboxylic acids is 1. The summed E-state index contributed by atoms with van der Waals surface area (Å²) in [6, 6.07) is 11.3. The smallest absolute Gasteiger partial charge is 0.253 e. The fourth-order valence-electron chi connectivity index (χ4n) is 3.34. The highest BCUT2D eigenvalue weighted by molar-refractivity contribution is 5.99. The maximum atomic E-state index is 13.0. The molecule has 0 radical (unpaired) electrons. The van der Waals surface area contributed by atoms with Crippen molar-refractivity contribution in [2.24, 2.45) is 0 Å². The zero-order valence-corrected chi connectivity index (χ0v) is 14.6. The molecule has 1 amide bonds. The van der Waals surface area contributed by atoms with E-state index < -0.39 is 0 Å². The lowest BCUT2D eigenvalue weighted by atomic mass is 10.1. The lowest BCUT2D eigenvalue weighted by molar-refractivity contribution is -0.135. The number of aromatic nitrogens is 1. The Hall–Kier alpha value is -2.86. The lowest BCUT2D eigenvalue weighted by Gasteiger charge is -2.34. The zero-order chi connectivity index (χ0) is 18.1. The van der Waals surface area contributed by atoms with Crippen LogP contribution in [0.3, 0.4) is 0 Å². The number of amides is 1. The van der Waals surface area contributed by atoms with Crippen LogP contribution in [-0.4, -0.2) is 42.1 Å². The number of benzene rings is 1. The first kappa shape index (κ1) is 16.6. The van der Waals surface area contributed by atoms with Crippen LogP contribution in [0.1, 0.15) is 23.1 Å². The summed E-state index contributed by atoms with van der Waals surface area (Å²) in [7, 11) is 0. The van der Waals surface area contributed by atoms with Gasteiger partial charge in [0.15, 0.2) is 0 Å². The number of morpholine rings is 1. The third-order valence-corrected chi connectivity index (χ3v) is 4.59. The molecule has 2 aliphatic rings. The van der Waals surface area contributed by atoms with E-state index in [-0.39, 0.29) is 18.6 Å². The number of carbonyl (C=O) groups is 1. The number of fused-ring (bicyclic) bond motifs is 1. The van der Waals surface area contributed by atoms with Crippen LogP contribution in [0.25, 0.3) is 6.08 Å². The number of hydrogen-bond acceptors (Lipinski definition) is 5. The van der Waals surface area contributed by atoms with Gasteiger partial charge in [0.2, 0.25) is 0 Å². The topological polar surface area (TPSA) is 77.7 Å². The van der Waals surface area contributed by atoms with Gasteiger partial charge in [-0.3, -0.25) is 9.78 Å². The molecule has 134 valence electrons.